The zero-order chi connectivity index (χ0) is 11.2. The first-order valence-electron chi connectivity index (χ1n) is 5.31. The second kappa shape index (κ2) is 5.47. The summed E-state index contributed by atoms with van der Waals surface area (Å²) < 4.78 is 10.6. The van der Waals surface area contributed by atoms with Gasteiger partial charge in [0.05, 0.1) is 19.1 Å². The summed E-state index contributed by atoms with van der Waals surface area (Å²) in [4.78, 5) is 11.7. The van der Waals surface area contributed by atoms with Crippen LogP contribution in [0.1, 0.15) is 0 Å². The Balaban J connectivity index is 2.18. The van der Waals surface area contributed by atoms with Crippen LogP contribution >= 0.6 is 0 Å². The van der Waals surface area contributed by atoms with Crippen molar-refractivity contribution >= 4 is 5.97 Å². The summed E-state index contributed by atoms with van der Waals surface area (Å²) in [6, 6.07) is 0. The van der Waals surface area contributed by atoms with Gasteiger partial charge in [-0.05, 0) is 11.6 Å². The number of fused-ring (bicyclic) bond motifs is 1. The van der Waals surface area contributed by atoms with Gasteiger partial charge in [0.15, 0.2) is 0 Å². The van der Waals surface area contributed by atoms with Gasteiger partial charge in [-0.2, -0.15) is 0 Å². The molecule has 0 aromatic heterocycles. The predicted octanol–water partition coefficient (Wildman–Crippen LogP) is 1.78. The van der Waals surface area contributed by atoms with Crippen LogP contribution in [-0.4, -0.2) is 25.8 Å². The Bertz CT molecular complexity index is 375. The molecule has 0 aromatic carbocycles. The second-order valence-electron chi connectivity index (χ2n) is 3.63. The van der Waals surface area contributed by atoms with Crippen molar-refractivity contribution in [2.75, 3.05) is 19.8 Å². The van der Waals surface area contributed by atoms with E-state index < -0.39 is 0 Å². The van der Waals surface area contributed by atoms with E-state index in [1.165, 1.54) is 0 Å². The quantitative estimate of drug-likeness (QED) is 0.459. The van der Waals surface area contributed by atoms with Crippen molar-refractivity contribution in [2.24, 2.45) is 5.92 Å². The summed E-state index contributed by atoms with van der Waals surface area (Å²) in [6.45, 7) is 1.37. The third-order valence-corrected chi connectivity index (χ3v) is 2.38. The molecule has 1 heterocycles. The molecule has 2 bridgehead atoms. The Labute approximate surface area is 94.7 Å². The van der Waals surface area contributed by atoms with Crippen molar-refractivity contribution < 1.29 is 14.3 Å². The second-order valence-corrected chi connectivity index (χ2v) is 3.63. The van der Waals surface area contributed by atoms with Crippen LogP contribution < -0.4 is 0 Å². The van der Waals surface area contributed by atoms with Gasteiger partial charge in [-0.3, -0.25) is 4.79 Å². The molecule has 0 radical (unpaired) electrons. The Hall–Kier alpha value is -1.61. The van der Waals surface area contributed by atoms with Crippen LogP contribution in [0.3, 0.4) is 0 Å². The average Bonchev–Trinajstić information content (AvgIpc) is 2.54. The molecule has 0 saturated heterocycles. The first kappa shape index (κ1) is 10.9. The first-order valence-corrected chi connectivity index (χ1v) is 5.31. The van der Waals surface area contributed by atoms with E-state index in [9.17, 15) is 4.79 Å². The monoisotopic (exact) mass is 218 g/mol. The molecular weight excluding hydrogens is 204 g/mol. The Morgan fingerprint density at radius 3 is 3.00 bits per heavy atom. The molecule has 0 N–H and O–H groups in total. The van der Waals surface area contributed by atoms with Gasteiger partial charge >= 0.3 is 5.97 Å². The molecule has 0 fully saturated rings. The molecule has 1 aliphatic heterocycles. The molecule has 16 heavy (non-hydrogen) atoms. The highest BCUT2D eigenvalue weighted by molar-refractivity contribution is 5.77. The van der Waals surface area contributed by atoms with E-state index in [1.807, 2.05) is 36.5 Å². The van der Waals surface area contributed by atoms with Crippen molar-refractivity contribution in [2.45, 2.75) is 0 Å². The Kier molecular flexibility index (Phi) is 3.72. The SMILES string of the molecule is O=C1OC/C=C\COCC2=CC1C=CC=C2. The number of cyclic esters (lactones) is 1. The van der Waals surface area contributed by atoms with Gasteiger partial charge in [-0.1, -0.05) is 36.5 Å². The van der Waals surface area contributed by atoms with E-state index in [1.54, 1.807) is 6.08 Å². The minimum absolute atomic E-state index is 0.219. The number of ether oxygens (including phenoxy) is 2. The van der Waals surface area contributed by atoms with Crippen LogP contribution in [-0.2, 0) is 14.3 Å². The van der Waals surface area contributed by atoms with E-state index in [2.05, 4.69) is 0 Å². The molecule has 3 heteroatoms. The van der Waals surface area contributed by atoms with Crippen LogP contribution in [0.15, 0.2) is 48.1 Å². The molecule has 0 saturated carbocycles. The predicted molar refractivity (Wildman–Crippen MR) is 60.8 cm³/mol. The van der Waals surface area contributed by atoms with Gasteiger partial charge in [0.1, 0.15) is 6.61 Å². The van der Waals surface area contributed by atoms with Crippen LogP contribution in [0.2, 0.25) is 0 Å². The zero-order valence-electron chi connectivity index (χ0n) is 8.96. The summed E-state index contributed by atoms with van der Waals surface area (Å²) in [5.41, 5.74) is 1.00. The third-order valence-electron chi connectivity index (χ3n) is 2.38. The van der Waals surface area contributed by atoms with E-state index in [-0.39, 0.29) is 11.9 Å². The maximum Gasteiger partial charge on any atom is 0.317 e. The number of allylic oxidation sites excluding steroid dienone is 2. The topological polar surface area (TPSA) is 35.5 Å². The van der Waals surface area contributed by atoms with E-state index in [0.717, 1.165) is 5.57 Å². The molecule has 1 aliphatic carbocycles. The molecule has 2 aliphatic rings. The smallest absolute Gasteiger partial charge is 0.317 e. The summed E-state index contributed by atoms with van der Waals surface area (Å²) in [7, 11) is 0. The molecular formula is C13H14O3. The van der Waals surface area contributed by atoms with Gasteiger partial charge in [-0.25, -0.2) is 0 Å². The maximum absolute atomic E-state index is 11.7. The maximum atomic E-state index is 11.7. The fourth-order valence-electron chi connectivity index (χ4n) is 1.55. The number of rotatable bonds is 0. The molecule has 2 rings (SSSR count). The Morgan fingerprint density at radius 2 is 2.06 bits per heavy atom. The normalized spacial score (nSPS) is 27.4. The molecule has 1 atom stereocenters. The fourth-order valence-corrected chi connectivity index (χ4v) is 1.55. The van der Waals surface area contributed by atoms with Crippen molar-refractivity contribution in [1.29, 1.82) is 0 Å². The highest BCUT2D eigenvalue weighted by Crippen LogP contribution is 2.14. The van der Waals surface area contributed by atoms with E-state index in [0.29, 0.717) is 19.8 Å². The molecule has 0 spiro atoms. The summed E-state index contributed by atoms with van der Waals surface area (Å²) in [5, 5.41) is 0. The summed E-state index contributed by atoms with van der Waals surface area (Å²) in [5.74, 6) is -0.524. The first-order chi connectivity index (χ1) is 7.86. The number of carbonyl (C=O) groups is 1. The lowest BCUT2D eigenvalue weighted by atomic mass is 10.1. The largest absolute Gasteiger partial charge is 0.461 e. The van der Waals surface area contributed by atoms with Crippen molar-refractivity contribution in [1.82, 2.24) is 0 Å². The van der Waals surface area contributed by atoms with Crippen molar-refractivity contribution in [3.63, 3.8) is 0 Å². The van der Waals surface area contributed by atoms with Crippen molar-refractivity contribution in [3.8, 4) is 0 Å². The highest BCUT2D eigenvalue weighted by Gasteiger charge is 2.15. The third kappa shape index (κ3) is 2.94. The molecule has 1 unspecified atom stereocenters. The van der Waals surface area contributed by atoms with Gasteiger partial charge < -0.3 is 9.47 Å². The average molecular weight is 218 g/mol. The van der Waals surface area contributed by atoms with Gasteiger partial charge in [-0.15, -0.1) is 0 Å². The molecule has 3 nitrogen and oxygen atoms in total. The minimum atomic E-state index is -0.305. The zero-order valence-corrected chi connectivity index (χ0v) is 8.96. The van der Waals surface area contributed by atoms with Gasteiger partial charge in [0.2, 0.25) is 0 Å². The Morgan fingerprint density at radius 1 is 1.19 bits per heavy atom. The van der Waals surface area contributed by atoms with E-state index >= 15 is 0 Å². The summed E-state index contributed by atoms with van der Waals surface area (Å²) >= 11 is 0. The van der Waals surface area contributed by atoms with E-state index in [4.69, 9.17) is 9.47 Å². The minimum Gasteiger partial charge on any atom is -0.461 e. The number of hydrogen-bond acceptors (Lipinski definition) is 3. The van der Waals surface area contributed by atoms with Crippen LogP contribution in [0, 0.1) is 5.92 Å². The van der Waals surface area contributed by atoms with Gasteiger partial charge in [0, 0.05) is 0 Å². The van der Waals surface area contributed by atoms with Crippen LogP contribution in [0.5, 0.6) is 0 Å². The molecule has 84 valence electrons. The highest BCUT2D eigenvalue weighted by atomic mass is 16.5. The van der Waals surface area contributed by atoms with Crippen molar-refractivity contribution in [3.05, 3.63) is 48.1 Å². The van der Waals surface area contributed by atoms with Crippen LogP contribution in [0.25, 0.3) is 0 Å². The summed E-state index contributed by atoms with van der Waals surface area (Å²) in [6.07, 6.45) is 13.1. The lowest BCUT2D eigenvalue weighted by molar-refractivity contribution is -0.144. The molecule has 0 amide bonds. The molecule has 0 aromatic rings. The van der Waals surface area contributed by atoms with Crippen LogP contribution in [0.4, 0.5) is 0 Å². The van der Waals surface area contributed by atoms with Gasteiger partial charge in [0.25, 0.3) is 0 Å². The number of carbonyl (C=O) groups excluding carboxylic acids is 1. The standard InChI is InChI=1S/C13H14O3/c14-13-12-6-2-1-5-11(9-12)10-15-7-3-4-8-16-13/h1-6,9,12H,7-8,10H2/b4-3-. The number of esters is 1. The lowest BCUT2D eigenvalue weighted by Gasteiger charge is -2.07. The number of hydrogen-bond donors (Lipinski definition) is 0. The fraction of sp³-hybridized carbons (Fsp3) is 0.308. The lowest BCUT2D eigenvalue weighted by Crippen LogP contribution is -2.14.